The summed E-state index contributed by atoms with van der Waals surface area (Å²) in [5.74, 6) is 0.453. The second kappa shape index (κ2) is 11.1. The van der Waals surface area contributed by atoms with E-state index in [9.17, 15) is 9.59 Å². The normalized spacial score (nSPS) is 18.8. The van der Waals surface area contributed by atoms with Crippen LogP contribution in [0.5, 0.6) is 5.75 Å². The van der Waals surface area contributed by atoms with E-state index in [-0.39, 0.29) is 23.8 Å². The number of amides is 2. The molecule has 1 aromatic heterocycles. The molecule has 2 aliphatic heterocycles. The molecule has 1 atom stereocenters. The molecule has 2 amide bonds. The molecule has 0 aliphatic carbocycles. The first-order valence-corrected chi connectivity index (χ1v) is 13.7. The molecule has 1 unspecified atom stereocenters. The van der Waals surface area contributed by atoms with Gasteiger partial charge in [-0.15, -0.1) is 11.3 Å². The van der Waals surface area contributed by atoms with Crippen LogP contribution in [0.2, 0.25) is 0 Å². The standard InChI is InChI=1S/C27H38N4O3S/c1-5-27(3,4)20-10-11-23-22(15-20)31(25(32)17-34-23)16-24-29-21(18-35-24)26(33)28-12-8-14-30-13-7-6-9-19(30)2/h10-11,15,18-19H,5-9,12-14,16-17H2,1-4H3,(H,28,33). The number of ether oxygens (including phenoxy) is 1. The van der Waals surface area contributed by atoms with Crippen molar-refractivity contribution in [2.24, 2.45) is 0 Å². The quantitative estimate of drug-likeness (QED) is 0.505. The summed E-state index contributed by atoms with van der Waals surface area (Å²) in [5.41, 5.74) is 2.35. The molecule has 190 valence electrons. The lowest BCUT2D eigenvalue weighted by atomic mass is 9.82. The first kappa shape index (κ1) is 25.6. The van der Waals surface area contributed by atoms with Crippen LogP contribution in [0.15, 0.2) is 23.6 Å². The highest BCUT2D eigenvalue weighted by molar-refractivity contribution is 7.09. The molecule has 1 fully saturated rings. The van der Waals surface area contributed by atoms with Gasteiger partial charge in [-0.1, -0.05) is 33.3 Å². The molecule has 35 heavy (non-hydrogen) atoms. The Kier molecular flexibility index (Phi) is 8.12. The van der Waals surface area contributed by atoms with Crippen molar-refractivity contribution in [3.05, 3.63) is 39.8 Å². The van der Waals surface area contributed by atoms with Crippen molar-refractivity contribution >= 4 is 28.8 Å². The highest BCUT2D eigenvalue weighted by Crippen LogP contribution is 2.38. The maximum atomic E-state index is 12.8. The smallest absolute Gasteiger partial charge is 0.270 e. The van der Waals surface area contributed by atoms with Crippen LogP contribution in [0.1, 0.15) is 80.9 Å². The number of thiazole rings is 1. The highest BCUT2D eigenvalue weighted by atomic mass is 32.1. The summed E-state index contributed by atoms with van der Waals surface area (Å²) < 4.78 is 5.68. The Hall–Kier alpha value is -2.45. The minimum Gasteiger partial charge on any atom is -0.482 e. The maximum absolute atomic E-state index is 12.8. The molecule has 0 spiro atoms. The van der Waals surface area contributed by atoms with E-state index in [1.54, 1.807) is 10.3 Å². The van der Waals surface area contributed by atoms with Gasteiger partial charge in [0, 0.05) is 24.5 Å². The molecule has 0 saturated carbocycles. The van der Waals surface area contributed by atoms with Crippen LogP contribution < -0.4 is 15.0 Å². The van der Waals surface area contributed by atoms with E-state index in [2.05, 4.69) is 55.0 Å². The Balaban J connectivity index is 1.36. The lowest BCUT2D eigenvalue weighted by Crippen LogP contribution is -2.39. The van der Waals surface area contributed by atoms with Gasteiger partial charge in [-0.3, -0.25) is 14.5 Å². The van der Waals surface area contributed by atoms with Crippen molar-refractivity contribution in [1.82, 2.24) is 15.2 Å². The van der Waals surface area contributed by atoms with E-state index < -0.39 is 0 Å². The third-order valence-corrected chi connectivity index (χ3v) is 8.33. The van der Waals surface area contributed by atoms with E-state index >= 15 is 0 Å². The summed E-state index contributed by atoms with van der Waals surface area (Å²) in [4.78, 5) is 34.2. The summed E-state index contributed by atoms with van der Waals surface area (Å²) >= 11 is 1.41. The number of carbonyl (C=O) groups excluding carboxylic acids is 2. The summed E-state index contributed by atoms with van der Waals surface area (Å²) in [7, 11) is 0. The van der Waals surface area contributed by atoms with Crippen LogP contribution in [-0.2, 0) is 16.8 Å². The van der Waals surface area contributed by atoms with Crippen molar-refractivity contribution in [3.63, 3.8) is 0 Å². The van der Waals surface area contributed by atoms with Gasteiger partial charge in [-0.25, -0.2) is 4.98 Å². The molecule has 2 aliphatic rings. The Labute approximate surface area is 212 Å². The Morgan fingerprint density at radius 3 is 2.91 bits per heavy atom. The molecule has 0 bridgehead atoms. The molecule has 1 N–H and O–H groups in total. The SMILES string of the molecule is CCC(C)(C)c1ccc2c(c1)N(Cc1nc(C(=O)NCCCN3CCCCC3C)cs1)C(=O)CO2. The fourth-order valence-corrected chi connectivity index (χ4v) is 5.45. The first-order chi connectivity index (χ1) is 16.8. The molecular weight excluding hydrogens is 460 g/mol. The van der Waals surface area contributed by atoms with Crippen LogP contribution >= 0.6 is 11.3 Å². The third-order valence-electron chi connectivity index (χ3n) is 7.49. The number of aromatic nitrogens is 1. The molecule has 2 aromatic rings. The number of benzene rings is 1. The Morgan fingerprint density at radius 1 is 1.31 bits per heavy atom. The minimum absolute atomic E-state index is 0.000324. The average molecular weight is 499 g/mol. The lowest BCUT2D eigenvalue weighted by Gasteiger charge is -2.33. The van der Waals surface area contributed by atoms with Gasteiger partial charge in [0.15, 0.2) is 6.61 Å². The van der Waals surface area contributed by atoms with E-state index in [0.717, 1.165) is 36.6 Å². The zero-order valence-corrected chi connectivity index (χ0v) is 22.2. The lowest BCUT2D eigenvalue weighted by molar-refractivity contribution is -0.121. The number of nitrogens with one attached hydrogen (secondary N) is 1. The summed E-state index contributed by atoms with van der Waals surface area (Å²) in [6.45, 7) is 12.0. The molecule has 1 aromatic carbocycles. The number of piperidine rings is 1. The second-order valence-corrected chi connectivity index (χ2v) is 11.2. The van der Waals surface area contributed by atoms with Crippen molar-refractivity contribution in [2.75, 3.05) is 31.1 Å². The van der Waals surface area contributed by atoms with E-state index in [0.29, 0.717) is 30.6 Å². The predicted octanol–water partition coefficient (Wildman–Crippen LogP) is 4.75. The van der Waals surface area contributed by atoms with Gasteiger partial charge >= 0.3 is 0 Å². The summed E-state index contributed by atoms with van der Waals surface area (Å²) in [5, 5.41) is 5.52. The number of nitrogens with zero attached hydrogens (tertiary/aromatic N) is 3. The maximum Gasteiger partial charge on any atom is 0.270 e. The van der Waals surface area contributed by atoms with E-state index in [4.69, 9.17) is 4.74 Å². The van der Waals surface area contributed by atoms with Crippen molar-refractivity contribution in [3.8, 4) is 5.75 Å². The highest BCUT2D eigenvalue weighted by Gasteiger charge is 2.29. The van der Waals surface area contributed by atoms with Crippen LogP contribution in [-0.4, -0.2) is 54.0 Å². The van der Waals surface area contributed by atoms with Crippen LogP contribution in [0, 0.1) is 0 Å². The fourth-order valence-electron chi connectivity index (χ4n) is 4.69. The van der Waals surface area contributed by atoms with Gasteiger partial charge in [0.05, 0.1) is 12.2 Å². The molecule has 8 heteroatoms. The largest absolute Gasteiger partial charge is 0.482 e. The minimum atomic E-state index is -0.153. The summed E-state index contributed by atoms with van der Waals surface area (Å²) in [6.07, 6.45) is 5.78. The first-order valence-electron chi connectivity index (χ1n) is 12.8. The number of rotatable bonds is 9. The van der Waals surface area contributed by atoms with Gasteiger partial charge in [-0.05, 0) is 62.3 Å². The molecule has 1 saturated heterocycles. The molecular formula is C27H38N4O3S. The summed E-state index contributed by atoms with van der Waals surface area (Å²) in [6, 6.07) is 6.72. The monoisotopic (exact) mass is 498 g/mol. The average Bonchev–Trinajstić information content (AvgIpc) is 3.33. The number of fused-ring (bicyclic) bond motifs is 1. The third kappa shape index (κ3) is 6.04. The van der Waals surface area contributed by atoms with Crippen LogP contribution in [0.3, 0.4) is 0 Å². The van der Waals surface area contributed by atoms with Gasteiger partial charge in [0.1, 0.15) is 16.5 Å². The Bertz CT molecular complexity index is 1050. The number of hydrogen-bond acceptors (Lipinski definition) is 6. The van der Waals surface area contributed by atoms with E-state index in [1.165, 1.54) is 36.2 Å². The van der Waals surface area contributed by atoms with Gasteiger partial charge < -0.3 is 15.0 Å². The second-order valence-electron chi connectivity index (χ2n) is 10.3. The van der Waals surface area contributed by atoms with E-state index in [1.807, 2.05) is 6.07 Å². The predicted molar refractivity (Wildman–Crippen MR) is 140 cm³/mol. The van der Waals surface area contributed by atoms with Crippen molar-refractivity contribution in [1.29, 1.82) is 0 Å². The van der Waals surface area contributed by atoms with Crippen molar-refractivity contribution in [2.45, 2.75) is 77.8 Å². The number of carbonyl (C=O) groups is 2. The topological polar surface area (TPSA) is 74.8 Å². The number of hydrogen-bond donors (Lipinski definition) is 1. The van der Waals surface area contributed by atoms with Gasteiger partial charge in [0.25, 0.3) is 11.8 Å². The molecule has 7 nitrogen and oxygen atoms in total. The molecule has 0 radical (unpaired) electrons. The van der Waals surface area contributed by atoms with Crippen molar-refractivity contribution < 1.29 is 14.3 Å². The fraction of sp³-hybridized carbons (Fsp3) is 0.593. The zero-order chi connectivity index (χ0) is 25.0. The van der Waals surface area contributed by atoms with Crippen LogP contribution in [0.4, 0.5) is 5.69 Å². The molecule has 4 rings (SSSR count). The number of anilines is 1. The Morgan fingerprint density at radius 2 is 2.14 bits per heavy atom. The van der Waals surface area contributed by atoms with Gasteiger partial charge in [0.2, 0.25) is 0 Å². The number of likely N-dealkylation sites (tertiary alicyclic amines) is 1. The zero-order valence-electron chi connectivity index (χ0n) is 21.4. The molecule has 3 heterocycles. The van der Waals surface area contributed by atoms with Crippen LogP contribution in [0.25, 0.3) is 0 Å². The van der Waals surface area contributed by atoms with Gasteiger partial charge in [-0.2, -0.15) is 0 Å².